The highest BCUT2D eigenvalue weighted by atomic mass is 16.3. The Bertz CT molecular complexity index is 896. The molecule has 0 spiro atoms. The van der Waals surface area contributed by atoms with Crippen LogP contribution < -0.4 is 0 Å². The number of Topliss-reactive ketones (excluding diaryl/α,β-unsaturated/α-hetero) is 1. The maximum atomic E-state index is 12.0. The third-order valence-electron chi connectivity index (χ3n) is 8.20. The van der Waals surface area contributed by atoms with Crippen LogP contribution in [0.25, 0.3) is 5.57 Å². The average Bonchev–Trinajstić information content (AvgIpc) is 3.03. The third-order valence-corrected chi connectivity index (χ3v) is 8.20. The molecule has 5 atom stereocenters. The highest BCUT2D eigenvalue weighted by Gasteiger charge is 2.56. The largest absolute Gasteiger partial charge is 0.504 e. The molecule has 4 aliphatic rings. The van der Waals surface area contributed by atoms with Crippen molar-refractivity contribution in [3.05, 3.63) is 59.7 Å². The summed E-state index contributed by atoms with van der Waals surface area (Å²) in [4.78, 5) is 16.4. The third kappa shape index (κ3) is 2.20. The molecular weight excluding hydrogens is 334 g/mol. The summed E-state index contributed by atoms with van der Waals surface area (Å²) in [5.74, 6) is 1.53. The molecule has 1 heterocycles. The number of carbonyl (C=O) groups excluding carboxylic acids is 1. The number of rotatable bonds is 1. The van der Waals surface area contributed by atoms with Crippen molar-refractivity contribution in [2.75, 3.05) is 0 Å². The van der Waals surface area contributed by atoms with Crippen LogP contribution in [0.1, 0.15) is 51.5 Å². The van der Waals surface area contributed by atoms with Gasteiger partial charge in [0.25, 0.3) is 0 Å². The summed E-state index contributed by atoms with van der Waals surface area (Å²) < 4.78 is 0. The maximum absolute atomic E-state index is 12.0. The van der Waals surface area contributed by atoms with E-state index in [9.17, 15) is 9.90 Å². The van der Waals surface area contributed by atoms with Crippen molar-refractivity contribution in [3.8, 4) is 0 Å². The molecule has 0 bridgehead atoms. The van der Waals surface area contributed by atoms with Gasteiger partial charge in [0, 0.05) is 29.8 Å². The number of hydrogen-bond acceptors (Lipinski definition) is 3. The molecular formula is C24H27NO2. The fraction of sp³-hybridized carbons (Fsp3) is 0.500. The molecule has 0 saturated heterocycles. The Morgan fingerprint density at radius 2 is 2.04 bits per heavy atom. The number of carbonyl (C=O) groups is 1. The zero-order chi connectivity index (χ0) is 18.8. The molecule has 3 nitrogen and oxygen atoms in total. The molecule has 1 saturated carbocycles. The molecule has 27 heavy (non-hydrogen) atoms. The summed E-state index contributed by atoms with van der Waals surface area (Å²) in [5, 5.41) is 10.4. The van der Waals surface area contributed by atoms with Crippen LogP contribution in [0.15, 0.2) is 54.1 Å². The van der Waals surface area contributed by atoms with Gasteiger partial charge in [-0.3, -0.25) is 9.78 Å². The Morgan fingerprint density at radius 3 is 2.81 bits per heavy atom. The van der Waals surface area contributed by atoms with E-state index in [1.807, 2.05) is 18.5 Å². The second-order valence-electron chi connectivity index (χ2n) is 9.30. The lowest BCUT2D eigenvalue weighted by atomic mass is 9.48. The van der Waals surface area contributed by atoms with E-state index in [0.717, 1.165) is 31.3 Å². The number of hydrogen-bond donors (Lipinski definition) is 1. The molecule has 0 aromatic carbocycles. The molecule has 0 aliphatic heterocycles. The van der Waals surface area contributed by atoms with Crippen molar-refractivity contribution in [2.45, 2.75) is 46.0 Å². The fourth-order valence-electron chi connectivity index (χ4n) is 6.66. The van der Waals surface area contributed by atoms with E-state index in [1.165, 1.54) is 11.1 Å². The lowest BCUT2D eigenvalue weighted by Gasteiger charge is -2.55. The normalized spacial score (nSPS) is 40.3. The molecule has 3 unspecified atom stereocenters. The minimum Gasteiger partial charge on any atom is -0.504 e. The summed E-state index contributed by atoms with van der Waals surface area (Å²) >= 11 is 0. The summed E-state index contributed by atoms with van der Waals surface area (Å²) in [5.41, 5.74) is 3.71. The second-order valence-corrected chi connectivity index (χ2v) is 9.30. The summed E-state index contributed by atoms with van der Waals surface area (Å²) in [6.07, 6.45) is 15.4. The number of allylic oxidation sites excluding steroid dienone is 6. The van der Waals surface area contributed by atoms with Crippen molar-refractivity contribution in [1.82, 2.24) is 4.98 Å². The minimum absolute atomic E-state index is 0.0207. The maximum Gasteiger partial charge on any atom is 0.197 e. The number of nitrogens with zero attached hydrogens (tertiary/aromatic N) is 1. The van der Waals surface area contributed by atoms with Crippen LogP contribution in [0.2, 0.25) is 0 Å². The Balaban J connectivity index is 1.54. The molecule has 4 aliphatic carbocycles. The van der Waals surface area contributed by atoms with Gasteiger partial charge in [-0.2, -0.15) is 0 Å². The number of fused-ring (bicyclic) bond motifs is 5. The van der Waals surface area contributed by atoms with Crippen LogP contribution in [0, 0.1) is 28.6 Å². The summed E-state index contributed by atoms with van der Waals surface area (Å²) in [7, 11) is 0. The van der Waals surface area contributed by atoms with Gasteiger partial charge in [-0.25, -0.2) is 0 Å². The smallest absolute Gasteiger partial charge is 0.197 e. The van der Waals surface area contributed by atoms with Crippen LogP contribution in [0.4, 0.5) is 0 Å². The second kappa shape index (κ2) is 5.67. The van der Waals surface area contributed by atoms with Crippen molar-refractivity contribution >= 4 is 11.4 Å². The van der Waals surface area contributed by atoms with Gasteiger partial charge >= 0.3 is 0 Å². The predicted octanol–water partition coefficient (Wildman–Crippen LogP) is 5.27. The summed E-state index contributed by atoms with van der Waals surface area (Å²) in [6.45, 7) is 4.71. The Kier molecular flexibility index (Phi) is 3.56. The van der Waals surface area contributed by atoms with E-state index in [4.69, 9.17) is 0 Å². The average molecular weight is 361 g/mol. The van der Waals surface area contributed by atoms with Crippen molar-refractivity contribution < 1.29 is 9.90 Å². The molecule has 3 heteroatoms. The zero-order valence-corrected chi connectivity index (χ0v) is 16.1. The molecule has 140 valence electrons. The Hall–Kier alpha value is -2.16. The van der Waals surface area contributed by atoms with Crippen molar-refractivity contribution in [1.29, 1.82) is 0 Å². The van der Waals surface area contributed by atoms with Crippen LogP contribution in [-0.4, -0.2) is 15.9 Å². The van der Waals surface area contributed by atoms with Gasteiger partial charge in [-0.05, 0) is 66.1 Å². The van der Waals surface area contributed by atoms with E-state index in [2.05, 4.69) is 43.1 Å². The van der Waals surface area contributed by atoms with Crippen LogP contribution in [0.5, 0.6) is 0 Å². The topological polar surface area (TPSA) is 50.2 Å². The molecule has 1 aromatic rings. The molecule has 0 amide bonds. The van der Waals surface area contributed by atoms with E-state index in [-0.39, 0.29) is 22.4 Å². The monoisotopic (exact) mass is 361 g/mol. The number of pyridine rings is 1. The zero-order valence-electron chi connectivity index (χ0n) is 16.1. The number of aliphatic hydroxyl groups is 1. The lowest BCUT2D eigenvalue weighted by Crippen LogP contribution is -2.48. The van der Waals surface area contributed by atoms with Crippen LogP contribution >= 0.6 is 0 Å². The number of ketones is 1. The van der Waals surface area contributed by atoms with Crippen molar-refractivity contribution in [3.63, 3.8) is 0 Å². The van der Waals surface area contributed by atoms with Crippen LogP contribution in [0.3, 0.4) is 0 Å². The quantitative estimate of drug-likeness (QED) is 0.741. The van der Waals surface area contributed by atoms with Gasteiger partial charge in [0.15, 0.2) is 11.5 Å². The Morgan fingerprint density at radius 1 is 1.19 bits per heavy atom. The first-order valence-corrected chi connectivity index (χ1v) is 10.2. The highest BCUT2D eigenvalue weighted by Crippen LogP contribution is 2.65. The molecule has 1 fully saturated rings. The SMILES string of the molecule is C[C@]12CCC(=O)C(O)=C1C=CC1C2CC[C@]2(C)C(c3cccnc3)=CCC12. The van der Waals surface area contributed by atoms with Gasteiger partial charge in [0.1, 0.15) is 0 Å². The standard InChI is InChI=1S/C24H27NO2/c1-23-11-9-19-16(5-6-20-22(27)21(26)10-12-24(19,20)2)18(23)8-7-17(23)15-4-3-13-25-14-15/h3-7,13-14,16,18-19,27H,8-12H2,1-2H3/t16?,18?,19?,23-,24-/m1/s1. The first-order chi connectivity index (χ1) is 12.9. The first kappa shape index (κ1) is 17.0. The molecule has 0 radical (unpaired) electrons. The number of aliphatic hydroxyl groups excluding tert-OH is 1. The van der Waals surface area contributed by atoms with Crippen molar-refractivity contribution in [2.24, 2.45) is 28.6 Å². The molecule has 1 aromatic heterocycles. The van der Waals surface area contributed by atoms with Gasteiger partial charge in [0.2, 0.25) is 0 Å². The number of aromatic nitrogens is 1. The molecule has 5 rings (SSSR count). The van der Waals surface area contributed by atoms with Gasteiger partial charge in [0.05, 0.1) is 0 Å². The minimum atomic E-state index is -0.0902. The summed E-state index contributed by atoms with van der Waals surface area (Å²) in [6, 6.07) is 4.21. The lowest BCUT2D eigenvalue weighted by molar-refractivity contribution is -0.120. The Labute approximate surface area is 160 Å². The fourth-order valence-corrected chi connectivity index (χ4v) is 6.66. The van der Waals surface area contributed by atoms with Gasteiger partial charge in [-0.1, -0.05) is 38.1 Å². The highest BCUT2D eigenvalue weighted by molar-refractivity contribution is 5.95. The molecule has 1 N–H and O–H groups in total. The van der Waals surface area contributed by atoms with Crippen LogP contribution in [-0.2, 0) is 4.79 Å². The first-order valence-electron chi connectivity index (χ1n) is 10.2. The van der Waals surface area contributed by atoms with E-state index < -0.39 is 0 Å². The predicted molar refractivity (Wildman–Crippen MR) is 106 cm³/mol. The van der Waals surface area contributed by atoms with E-state index in [1.54, 1.807) is 0 Å². The van der Waals surface area contributed by atoms with Gasteiger partial charge < -0.3 is 5.11 Å². The van der Waals surface area contributed by atoms with E-state index in [0.29, 0.717) is 24.2 Å². The van der Waals surface area contributed by atoms with E-state index >= 15 is 0 Å². The van der Waals surface area contributed by atoms with Gasteiger partial charge in [-0.15, -0.1) is 0 Å².